The normalized spacial score (nSPS) is 28.0. The molecular formula is C18H26N2O. The molecule has 2 heterocycles. The fraction of sp³-hybridized carbons (Fsp3) is 0.611. The van der Waals surface area contributed by atoms with E-state index in [1.165, 1.54) is 24.1 Å². The van der Waals surface area contributed by atoms with Crippen molar-refractivity contribution >= 4 is 11.6 Å². The van der Waals surface area contributed by atoms with E-state index in [9.17, 15) is 4.79 Å². The Hall–Kier alpha value is -1.51. The summed E-state index contributed by atoms with van der Waals surface area (Å²) in [5, 5.41) is 3.75. The molecule has 0 saturated carbocycles. The summed E-state index contributed by atoms with van der Waals surface area (Å²) in [5.41, 5.74) is 2.66. The Kier molecular flexibility index (Phi) is 3.92. The Labute approximate surface area is 127 Å². The Bertz CT molecular complexity index is 512. The molecule has 1 aromatic carbocycles. The molecule has 3 nitrogen and oxygen atoms in total. The van der Waals surface area contributed by atoms with Gasteiger partial charge >= 0.3 is 0 Å². The molecular weight excluding hydrogens is 260 g/mol. The van der Waals surface area contributed by atoms with E-state index in [4.69, 9.17) is 0 Å². The number of hydrogen-bond donors (Lipinski definition) is 1. The molecule has 1 N–H and O–H groups in total. The number of piperidine rings is 1. The molecule has 0 aromatic heterocycles. The zero-order valence-electron chi connectivity index (χ0n) is 13.3. The summed E-state index contributed by atoms with van der Waals surface area (Å²) in [7, 11) is 0. The largest absolute Gasteiger partial charge is 0.382 e. The van der Waals surface area contributed by atoms with Gasteiger partial charge in [0.15, 0.2) is 0 Å². The number of carbonyl (C=O) groups is 1. The highest BCUT2D eigenvalue weighted by molar-refractivity contribution is 5.74. The first-order chi connectivity index (χ1) is 10.1. The fourth-order valence-electron chi connectivity index (χ4n) is 4.16. The monoisotopic (exact) mass is 286 g/mol. The van der Waals surface area contributed by atoms with Gasteiger partial charge in [0.2, 0.25) is 5.91 Å². The highest BCUT2D eigenvalue weighted by Crippen LogP contribution is 2.37. The predicted octanol–water partition coefficient (Wildman–Crippen LogP) is 3.76. The van der Waals surface area contributed by atoms with Crippen LogP contribution >= 0.6 is 0 Å². The molecule has 2 bridgehead atoms. The molecule has 2 aliphatic rings. The van der Waals surface area contributed by atoms with Gasteiger partial charge in [-0.2, -0.15) is 0 Å². The van der Waals surface area contributed by atoms with Crippen LogP contribution < -0.4 is 5.32 Å². The third-order valence-corrected chi connectivity index (χ3v) is 5.04. The van der Waals surface area contributed by atoms with Crippen LogP contribution in [0.5, 0.6) is 0 Å². The number of rotatable bonds is 3. The maximum absolute atomic E-state index is 11.8. The lowest BCUT2D eigenvalue weighted by Gasteiger charge is -2.39. The van der Waals surface area contributed by atoms with Crippen LogP contribution in [0.3, 0.4) is 0 Å². The van der Waals surface area contributed by atoms with E-state index < -0.39 is 0 Å². The third kappa shape index (κ3) is 2.78. The number of amides is 1. The number of nitrogens with zero attached hydrogens (tertiary/aromatic N) is 1. The Morgan fingerprint density at radius 3 is 2.38 bits per heavy atom. The Morgan fingerprint density at radius 2 is 1.81 bits per heavy atom. The number of hydrogen-bond acceptors (Lipinski definition) is 2. The smallest absolute Gasteiger partial charge is 0.219 e. The highest BCUT2D eigenvalue weighted by atomic mass is 16.2. The Morgan fingerprint density at radius 1 is 1.19 bits per heavy atom. The molecule has 0 spiro atoms. The molecule has 21 heavy (non-hydrogen) atoms. The van der Waals surface area contributed by atoms with Gasteiger partial charge in [0.05, 0.1) is 0 Å². The van der Waals surface area contributed by atoms with E-state index in [2.05, 4.69) is 48.3 Å². The lowest BCUT2D eigenvalue weighted by atomic mass is 9.95. The summed E-state index contributed by atoms with van der Waals surface area (Å²) in [6.45, 7) is 6.19. The van der Waals surface area contributed by atoms with Gasteiger partial charge in [-0.15, -0.1) is 0 Å². The van der Waals surface area contributed by atoms with E-state index in [-0.39, 0.29) is 5.91 Å². The lowest BCUT2D eigenvalue weighted by molar-refractivity contribution is -0.133. The molecule has 1 aromatic rings. The van der Waals surface area contributed by atoms with E-state index in [1.54, 1.807) is 6.92 Å². The summed E-state index contributed by atoms with van der Waals surface area (Å²) in [4.78, 5) is 13.9. The first-order valence-corrected chi connectivity index (χ1v) is 8.20. The summed E-state index contributed by atoms with van der Waals surface area (Å²) in [5.74, 6) is 0.784. The van der Waals surface area contributed by atoms with Crippen LogP contribution in [0.4, 0.5) is 5.69 Å². The molecule has 3 rings (SSSR count). The van der Waals surface area contributed by atoms with E-state index in [0.717, 1.165) is 12.8 Å². The van der Waals surface area contributed by atoms with Crippen LogP contribution in [-0.2, 0) is 4.79 Å². The van der Waals surface area contributed by atoms with Crippen molar-refractivity contribution in [2.75, 3.05) is 5.32 Å². The minimum absolute atomic E-state index is 0.253. The molecule has 2 saturated heterocycles. The first-order valence-electron chi connectivity index (χ1n) is 8.20. The lowest BCUT2D eigenvalue weighted by Crippen LogP contribution is -2.48. The first kappa shape index (κ1) is 14.4. The van der Waals surface area contributed by atoms with Crippen molar-refractivity contribution in [3.05, 3.63) is 29.8 Å². The van der Waals surface area contributed by atoms with Crippen LogP contribution in [0.25, 0.3) is 0 Å². The molecule has 3 heteroatoms. The Balaban J connectivity index is 1.72. The van der Waals surface area contributed by atoms with E-state index >= 15 is 0 Å². The van der Waals surface area contributed by atoms with Crippen molar-refractivity contribution < 1.29 is 4.79 Å². The summed E-state index contributed by atoms with van der Waals surface area (Å²) >= 11 is 0. The minimum Gasteiger partial charge on any atom is -0.382 e. The van der Waals surface area contributed by atoms with Crippen molar-refractivity contribution in [1.82, 2.24) is 4.90 Å². The molecule has 0 aliphatic carbocycles. The second kappa shape index (κ2) is 5.70. The van der Waals surface area contributed by atoms with Gasteiger partial charge in [-0.1, -0.05) is 32.0 Å². The average molecular weight is 286 g/mol. The minimum atomic E-state index is 0.253. The van der Waals surface area contributed by atoms with Crippen molar-refractivity contribution in [3.8, 4) is 0 Å². The van der Waals surface area contributed by atoms with Gasteiger partial charge < -0.3 is 10.2 Å². The van der Waals surface area contributed by atoms with Crippen LogP contribution in [0.1, 0.15) is 57.9 Å². The third-order valence-electron chi connectivity index (χ3n) is 5.04. The second-order valence-electron chi connectivity index (χ2n) is 6.87. The number of fused-ring (bicyclic) bond motifs is 2. The van der Waals surface area contributed by atoms with Crippen molar-refractivity contribution in [1.29, 1.82) is 0 Å². The molecule has 3 atom stereocenters. The van der Waals surface area contributed by atoms with Gasteiger partial charge in [-0.25, -0.2) is 0 Å². The SMILES string of the molecule is CC(=O)N1[C@@H]2CC[C@H]1CC(Nc1ccccc1C(C)C)C2. The van der Waals surface area contributed by atoms with E-state index in [1.807, 2.05) is 0 Å². The van der Waals surface area contributed by atoms with Gasteiger partial charge in [0, 0.05) is 30.7 Å². The van der Waals surface area contributed by atoms with Crippen LogP contribution in [0.2, 0.25) is 0 Å². The number of anilines is 1. The van der Waals surface area contributed by atoms with Crippen LogP contribution in [-0.4, -0.2) is 28.9 Å². The zero-order valence-corrected chi connectivity index (χ0v) is 13.3. The van der Waals surface area contributed by atoms with Crippen molar-refractivity contribution in [2.24, 2.45) is 0 Å². The van der Waals surface area contributed by atoms with Gasteiger partial charge in [0.1, 0.15) is 0 Å². The van der Waals surface area contributed by atoms with Crippen molar-refractivity contribution in [2.45, 2.75) is 70.5 Å². The van der Waals surface area contributed by atoms with Gasteiger partial charge in [0.25, 0.3) is 0 Å². The predicted molar refractivity (Wildman–Crippen MR) is 86.5 cm³/mol. The summed E-state index contributed by atoms with van der Waals surface area (Å²) in [6.07, 6.45) is 4.52. The summed E-state index contributed by atoms with van der Waals surface area (Å²) < 4.78 is 0. The number of nitrogens with one attached hydrogen (secondary N) is 1. The van der Waals surface area contributed by atoms with Crippen LogP contribution in [0, 0.1) is 0 Å². The zero-order chi connectivity index (χ0) is 15.0. The molecule has 0 radical (unpaired) electrons. The molecule has 1 amide bonds. The maximum Gasteiger partial charge on any atom is 0.219 e. The summed E-state index contributed by atoms with van der Waals surface area (Å²) in [6, 6.07) is 10.0. The van der Waals surface area contributed by atoms with Crippen molar-refractivity contribution in [3.63, 3.8) is 0 Å². The molecule has 2 aliphatic heterocycles. The van der Waals surface area contributed by atoms with E-state index in [0.29, 0.717) is 24.0 Å². The molecule has 2 fully saturated rings. The highest BCUT2D eigenvalue weighted by Gasteiger charge is 2.41. The average Bonchev–Trinajstić information content (AvgIpc) is 2.71. The molecule has 114 valence electrons. The van der Waals surface area contributed by atoms with Crippen LogP contribution in [0.15, 0.2) is 24.3 Å². The topological polar surface area (TPSA) is 32.3 Å². The fourth-order valence-corrected chi connectivity index (χ4v) is 4.16. The molecule has 1 unspecified atom stereocenters. The number of benzene rings is 1. The maximum atomic E-state index is 11.8. The van der Waals surface area contributed by atoms with Gasteiger partial charge in [-0.05, 0) is 43.2 Å². The quantitative estimate of drug-likeness (QED) is 0.917. The van der Waals surface area contributed by atoms with Gasteiger partial charge in [-0.3, -0.25) is 4.79 Å². The standard InChI is InChI=1S/C18H26N2O/c1-12(2)17-6-4-5-7-18(17)19-14-10-15-8-9-16(11-14)20(15)13(3)21/h4-7,12,14-16,19H,8-11H2,1-3H3/t14?,15-,16+. The number of carbonyl (C=O) groups excluding carboxylic acids is 1. The number of para-hydroxylation sites is 1. The second-order valence-corrected chi connectivity index (χ2v) is 6.87.